The van der Waals surface area contributed by atoms with Gasteiger partial charge in [-0.3, -0.25) is 4.79 Å². The van der Waals surface area contributed by atoms with E-state index in [2.05, 4.69) is 15.9 Å². The van der Waals surface area contributed by atoms with Gasteiger partial charge in [-0.15, -0.1) is 0 Å². The van der Waals surface area contributed by atoms with Crippen LogP contribution >= 0.6 is 15.9 Å². The van der Waals surface area contributed by atoms with E-state index in [4.69, 9.17) is 4.74 Å². The predicted molar refractivity (Wildman–Crippen MR) is 60.3 cm³/mol. The van der Waals surface area contributed by atoms with Crippen molar-refractivity contribution in [3.8, 4) is 5.75 Å². The van der Waals surface area contributed by atoms with E-state index >= 15 is 0 Å². The minimum absolute atomic E-state index is 0.0128. The molecule has 0 bridgehead atoms. The average molecular weight is 285 g/mol. The molecule has 0 atom stereocenters. The van der Waals surface area contributed by atoms with Crippen LogP contribution < -0.4 is 4.74 Å². The number of ether oxygens (including phenoxy) is 1. The molecular weight excluding hydrogens is 275 g/mol. The standard InChI is InChI=1S/C12H10BrFO2/c13-7-4-8-10(15)6-12(2-1-3-12)16-11(8)9(14)5-7/h4-5H,1-3,6H2. The molecule has 3 rings (SSSR count). The van der Waals surface area contributed by atoms with Crippen molar-refractivity contribution in [1.82, 2.24) is 0 Å². The summed E-state index contributed by atoms with van der Waals surface area (Å²) in [5.41, 5.74) is -0.0388. The van der Waals surface area contributed by atoms with Crippen molar-refractivity contribution in [3.05, 3.63) is 28.0 Å². The van der Waals surface area contributed by atoms with E-state index in [1.54, 1.807) is 6.07 Å². The molecule has 0 N–H and O–H groups in total. The summed E-state index contributed by atoms with van der Waals surface area (Å²) in [6, 6.07) is 2.97. The highest BCUT2D eigenvalue weighted by Crippen LogP contribution is 2.46. The van der Waals surface area contributed by atoms with E-state index in [9.17, 15) is 9.18 Å². The van der Waals surface area contributed by atoms with Gasteiger partial charge in [-0.25, -0.2) is 4.39 Å². The first kappa shape index (κ1) is 10.3. The molecule has 2 nitrogen and oxygen atoms in total. The molecule has 1 saturated carbocycles. The first-order valence-electron chi connectivity index (χ1n) is 5.31. The summed E-state index contributed by atoms with van der Waals surface area (Å²) in [6.45, 7) is 0. The summed E-state index contributed by atoms with van der Waals surface area (Å²) in [5, 5.41) is 0. The Bertz CT molecular complexity index is 480. The number of halogens is 2. The van der Waals surface area contributed by atoms with Gasteiger partial charge in [0, 0.05) is 4.47 Å². The van der Waals surface area contributed by atoms with Gasteiger partial charge in [0.25, 0.3) is 0 Å². The van der Waals surface area contributed by atoms with Crippen LogP contribution in [0.5, 0.6) is 5.75 Å². The molecule has 1 aliphatic carbocycles. The van der Waals surface area contributed by atoms with Gasteiger partial charge in [0.2, 0.25) is 0 Å². The van der Waals surface area contributed by atoms with Crippen LogP contribution in [0.1, 0.15) is 36.0 Å². The average Bonchev–Trinajstić information content (AvgIpc) is 2.17. The summed E-state index contributed by atoms with van der Waals surface area (Å²) in [6.07, 6.45) is 3.15. The lowest BCUT2D eigenvalue weighted by atomic mass is 9.74. The summed E-state index contributed by atoms with van der Waals surface area (Å²) < 4.78 is 20.0. The fraction of sp³-hybridized carbons (Fsp3) is 0.417. The first-order chi connectivity index (χ1) is 7.60. The lowest BCUT2D eigenvalue weighted by Gasteiger charge is -2.44. The lowest BCUT2D eigenvalue weighted by Crippen LogP contribution is -2.47. The van der Waals surface area contributed by atoms with Crippen LogP contribution in [0, 0.1) is 5.82 Å². The van der Waals surface area contributed by atoms with Gasteiger partial charge < -0.3 is 4.74 Å². The van der Waals surface area contributed by atoms with Crippen LogP contribution in [0.3, 0.4) is 0 Å². The van der Waals surface area contributed by atoms with Crippen LogP contribution in [0.25, 0.3) is 0 Å². The molecule has 1 heterocycles. The Labute approximate surface area is 101 Å². The second-order valence-corrected chi connectivity index (χ2v) is 5.42. The van der Waals surface area contributed by atoms with Crippen molar-refractivity contribution in [2.75, 3.05) is 0 Å². The van der Waals surface area contributed by atoms with Gasteiger partial charge >= 0.3 is 0 Å². The van der Waals surface area contributed by atoms with Gasteiger partial charge in [-0.2, -0.15) is 0 Å². The summed E-state index contributed by atoms with van der Waals surface area (Å²) in [5.74, 6) is -0.330. The molecular formula is C12H10BrFO2. The summed E-state index contributed by atoms with van der Waals surface area (Å²) in [7, 11) is 0. The number of fused-ring (bicyclic) bond motifs is 1. The summed E-state index contributed by atoms with van der Waals surface area (Å²) >= 11 is 3.18. The molecule has 2 aliphatic rings. The molecule has 1 aliphatic heterocycles. The van der Waals surface area contributed by atoms with Gasteiger partial charge in [-0.05, 0) is 31.4 Å². The Hall–Kier alpha value is -0.900. The third-order valence-electron chi connectivity index (χ3n) is 3.37. The van der Waals surface area contributed by atoms with E-state index in [1.165, 1.54) is 6.07 Å². The van der Waals surface area contributed by atoms with E-state index in [-0.39, 0.29) is 11.5 Å². The molecule has 1 aromatic carbocycles. The SMILES string of the molecule is O=C1CC2(CCC2)Oc2c(F)cc(Br)cc21. The number of carbonyl (C=O) groups excluding carboxylic acids is 1. The van der Waals surface area contributed by atoms with E-state index in [0.29, 0.717) is 16.5 Å². The number of Topliss-reactive ketones (excluding diaryl/α,β-unsaturated/α-hetero) is 1. The molecule has 4 heteroatoms. The van der Waals surface area contributed by atoms with Crippen molar-refractivity contribution in [2.45, 2.75) is 31.3 Å². The van der Waals surface area contributed by atoms with Gasteiger partial charge in [0.1, 0.15) is 5.60 Å². The second kappa shape index (κ2) is 3.29. The van der Waals surface area contributed by atoms with Crippen LogP contribution in [-0.2, 0) is 0 Å². The lowest BCUT2D eigenvalue weighted by molar-refractivity contribution is -0.0206. The van der Waals surface area contributed by atoms with E-state index in [0.717, 1.165) is 19.3 Å². The highest BCUT2D eigenvalue weighted by molar-refractivity contribution is 9.10. The van der Waals surface area contributed by atoms with Crippen molar-refractivity contribution in [2.24, 2.45) is 0 Å². The Morgan fingerprint density at radius 3 is 2.75 bits per heavy atom. The molecule has 84 valence electrons. The molecule has 1 fully saturated rings. The zero-order valence-electron chi connectivity index (χ0n) is 8.56. The van der Waals surface area contributed by atoms with Crippen molar-refractivity contribution in [1.29, 1.82) is 0 Å². The molecule has 1 spiro atoms. The molecule has 0 unspecified atom stereocenters. The third kappa shape index (κ3) is 1.39. The van der Waals surface area contributed by atoms with Crippen molar-refractivity contribution < 1.29 is 13.9 Å². The minimum atomic E-state index is -0.455. The smallest absolute Gasteiger partial charge is 0.170 e. The van der Waals surface area contributed by atoms with Crippen molar-refractivity contribution >= 4 is 21.7 Å². The second-order valence-electron chi connectivity index (χ2n) is 4.50. The predicted octanol–water partition coefficient (Wildman–Crippen LogP) is 3.48. The molecule has 1 aromatic rings. The fourth-order valence-electron chi connectivity index (χ4n) is 2.36. The first-order valence-corrected chi connectivity index (χ1v) is 6.10. The van der Waals surface area contributed by atoms with Crippen LogP contribution in [0.4, 0.5) is 4.39 Å². The van der Waals surface area contributed by atoms with Crippen molar-refractivity contribution in [3.63, 3.8) is 0 Å². The number of ketones is 1. The Kier molecular flexibility index (Phi) is 2.11. The van der Waals surface area contributed by atoms with Crippen LogP contribution in [-0.4, -0.2) is 11.4 Å². The maximum absolute atomic E-state index is 13.7. The number of hydrogen-bond acceptors (Lipinski definition) is 2. The van der Waals surface area contributed by atoms with Gasteiger partial charge in [0.05, 0.1) is 12.0 Å². The highest BCUT2D eigenvalue weighted by Gasteiger charge is 2.46. The number of rotatable bonds is 0. The van der Waals surface area contributed by atoms with E-state index < -0.39 is 11.4 Å². The summed E-state index contributed by atoms with van der Waals surface area (Å²) in [4.78, 5) is 11.9. The Morgan fingerprint density at radius 2 is 2.12 bits per heavy atom. The normalized spacial score (nSPS) is 21.2. The quantitative estimate of drug-likeness (QED) is 0.729. The largest absolute Gasteiger partial charge is 0.483 e. The monoisotopic (exact) mass is 284 g/mol. The number of hydrogen-bond donors (Lipinski definition) is 0. The zero-order valence-corrected chi connectivity index (χ0v) is 10.1. The van der Waals surface area contributed by atoms with Gasteiger partial charge in [0.15, 0.2) is 17.3 Å². The topological polar surface area (TPSA) is 26.3 Å². The molecule has 0 saturated heterocycles. The van der Waals surface area contributed by atoms with E-state index in [1.807, 2.05) is 0 Å². The molecule has 0 radical (unpaired) electrons. The zero-order chi connectivity index (χ0) is 11.3. The maximum atomic E-state index is 13.7. The van der Waals surface area contributed by atoms with Crippen LogP contribution in [0.15, 0.2) is 16.6 Å². The molecule has 0 aromatic heterocycles. The Morgan fingerprint density at radius 1 is 1.38 bits per heavy atom. The Balaban J connectivity index is 2.11. The molecule has 0 amide bonds. The minimum Gasteiger partial charge on any atom is -0.483 e. The number of benzene rings is 1. The third-order valence-corrected chi connectivity index (χ3v) is 3.83. The fourth-order valence-corrected chi connectivity index (χ4v) is 2.79. The van der Waals surface area contributed by atoms with Gasteiger partial charge in [-0.1, -0.05) is 15.9 Å². The highest BCUT2D eigenvalue weighted by atomic mass is 79.9. The van der Waals surface area contributed by atoms with Crippen LogP contribution in [0.2, 0.25) is 0 Å². The molecule has 16 heavy (non-hydrogen) atoms. The maximum Gasteiger partial charge on any atom is 0.170 e. The number of carbonyl (C=O) groups is 1.